The van der Waals surface area contributed by atoms with Gasteiger partial charge in [0.2, 0.25) is 0 Å². The van der Waals surface area contributed by atoms with Crippen LogP contribution in [0.25, 0.3) is 5.69 Å². The van der Waals surface area contributed by atoms with Gasteiger partial charge in [-0.05, 0) is 55.8 Å². The number of nitrogens with zero attached hydrogens (tertiary/aromatic N) is 2. The second-order valence-electron chi connectivity index (χ2n) is 5.75. The number of hydrogen-bond donors (Lipinski definition) is 1. The van der Waals surface area contributed by atoms with Crippen molar-refractivity contribution in [3.05, 3.63) is 81.9 Å². The first-order valence-corrected chi connectivity index (χ1v) is 8.18. The predicted molar refractivity (Wildman–Crippen MR) is 95.6 cm³/mol. The second kappa shape index (κ2) is 7.07. The average molecular weight is 358 g/mol. The fraction of sp³-hybridized carbons (Fsp3) is 0.158. The zero-order valence-electron chi connectivity index (χ0n) is 13.9. The molecule has 0 radical (unpaired) electrons. The Morgan fingerprint density at radius 3 is 2.32 bits per heavy atom. The van der Waals surface area contributed by atoms with E-state index in [0.29, 0.717) is 17.1 Å². The van der Waals surface area contributed by atoms with Gasteiger partial charge >= 0.3 is 0 Å². The van der Waals surface area contributed by atoms with Gasteiger partial charge in [-0.1, -0.05) is 23.7 Å². The maximum absolute atomic E-state index is 12.9. The van der Waals surface area contributed by atoms with Gasteiger partial charge in [-0.25, -0.2) is 9.07 Å². The summed E-state index contributed by atoms with van der Waals surface area (Å²) in [5, 5.41) is 7.84. The molecule has 3 rings (SSSR count). The van der Waals surface area contributed by atoms with Crippen LogP contribution in [0.1, 0.15) is 27.3 Å². The van der Waals surface area contributed by atoms with E-state index in [-0.39, 0.29) is 11.7 Å². The molecule has 0 saturated carbocycles. The molecule has 0 aliphatic rings. The Hall–Kier alpha value is -2.66. The Morgan fingerprint density at radius 2 is 1.76 bits per heavy atom. The number of aryl methyl sites for hydroxylation is 1. The molecule has 1 heterocycles. The summed E-state index contributed by atoms with van der Waals surface area (Å²) in [5.41, 5.74) is 3.83. The van der Waals surface area contributed by atoms with Crippen LogP contribution in [-0.2, 0) is 6.54 Å². The van der Waals surface area contributed by atoms with E-state index in [1.54, 1.807) is 28.9 Å². The quantitative estimate of drug-likeness (QED) is 0.760. The van der Waals surface area contributed by atoms with E-state index >= 15 is 0 Å². The Balaban J connectivity index is 1.70. The first kappa shape index (κ1) is 17.2. The lowest BCUT2D eigenvalue weighted by Crippen LogP contribution is -2.22. The van der Waals surface area contributed by atoms with Gasteiger partial charge in [-0.2, -0.15) is 5.10 Å². The van der Waals surface area contributed by atoms with E-state index in [4.69, 9.17) is 11.6 Å². The molecule has 6 heteroatoms. The number of aromatic nitrogens is 2. The van der Waals surface area contributed by atoms with Crippen molar-refractivity contribution in [3.8, 4) is 5.69 Å². The molecule has 0 spiro atoms. The molecule has 4 nitrogen and oxygen atoms in total. The molecule has 25 heavy (non-hydrogen) atoms. The van der Waals surface area contributed by atoms with E-state index in [1.165, 1.54) is 12.1 Å². The summed E-state index contributed by atoms with van der Waals surface area (Å²) in [6.45, 7) is 4.09. The van der Waals surface area contributed by atoms with Crippen LogP contribution in [0.5, 0.6) is 0 Å². The standard InChI is InChI=1S/C19H17ClFN3O/c1-12-18(20)13(2)24(23-12)17-9-5-15(6-10-17)19(25)22-11-14-3-7-16(21)8-4-14/h3-10H,11H2,1-2H3,(H,22,25). The number of amides is 1. The number of carbonyl (C=O) groups excluding carboxylic acids is 1. The summed E-state index contributed by atoms with van der Waals surface area (Å²) < 4.78 is 14.6. The largest absolute Gasteiger partial charge is 0.348 e. The summed E-state index contributed by atoms with van der Waals surface area (Å²) in [6.07, 6.45) is 0. The third kappa shape index (κ3) is 3.72. The molecule has 0 fully saturated rings. The van der Waals surface area contributed by atoms with E-state index in [1.807, 2.05) is 26.0 Å². The molecule has 2 aromatic carbocycles. The van der Waals surface area contributed by atoms with Crippen molar-refractivity contribution in [3.63, 3.8) is 0 Å². The minimum absolute atomic E-state index is 0.192. The van der Waals surface area contributed by atoms with Gasteiger partial charge in [0.15, 0.2) is 0 Å². The molecule has 1 N–H and O–H groups in total. The number of nitrogens with one attached hydrogen (secondary N) is 1. The lowest BCUT2D eigenvalue weighted by atomic mass is 10.1. The highest BCUT2D eigenvalue weighted by atomic mass is 35.5. The molecule has 0 atom stereocenters. The summed E-state index contributed by atoms with van der Waals surface area (Å²) in [5.74, 6) is -0.489. The molecule has 0 saturated heterocycles. The molecular weight excluding hydrogens is 341 g/mol. The first-order valence-electron chi connectivity index (χ1n) is 7.80. The van der Waals surface area contributed by atoms with Crippen LogP contribution in [0.2, 0.25) is 5.02 Å². The zero-order chi connectivity index (χ0) is 18.0. The maximum Gasteiger partial charge on any atom is 0.251 e. The van der Waals surface area contributed by atoms with Crippen molar-refractivity contribution in [2.24, 2.45) is 0 Å². The van der Waals surface area contributed by atoms with Gasteiger partial charge in [0.05, 0.1) is 22.1 Å². The maximum atomic E-state index is 12.9. The highest BCUT2D eigenvalue weighted by molar-refractivity contribution is 6.31. The topological polar surface area (TPSA) is 46.9 Å². The number of hydrogen-bond acceptors (Lipinski definition) is 2. The fourth-order valence-electron chi connectivity index (χ4n) is 2.52. The van der Waals surface area contributed by atoms with Crippen molar-refractivity contribution in [1.82, 2.24) is 15.1 Å². The highest BCUT2D eigenvalue weighted by Gasteiger charge is 2.11. The summed E-state index contributed by atoms with van der Waals surface area (Å²) in [7, 11) is 0. The van der Waals surface area contributed by atoms with E-state index < -0.39 is 0 Å². The number of halogens is 2. The third-order valence-corrected chi connectivity index (χ3v) is 4.49. The molecule has 0 aliphatic heterocycles. The third-order valence-electron chi connectivity index (χ3n) is 3.94. The Bertz CT molecular complexity index is 902. The average Bonchev–Trinajstić information content (AvgIpc) is 2.88. The van der Waals surface area contributed by atoms with Gasteiger partial charge in [0.25, 0.3) is 5.91 Å². The number of rotatable bonds is 4. The van der Waals surface area contributed by atoms with Crippen molar-refractivity contribution < 1.29 is 9.18 Å². The first-order chi connectivity index (χ1) is 12.0. The molecule has 1 aromatic heterocycles. The summed E-state index contributed by atoms with van der Waals surface area (Å²) in [6, 6.07) is 13.1. The van der Waals surface area contributed by atoms with Gasteiger partial charge in [-0.15, -0.1) is 0 Å². The van der Waals surface area contributed by atoms with E-state index in [9.17, 15) is 9.18 Å². The minimum Gasteiger partial charge on any atom is -0.348 e. The SMILES string of the molecule is Cc1nn(-c2ccc(C(=O)NCc3ccc(F)cc3)cc2)c(C)c1Cl. The second-order valence-corrected chi connectivity index (χ2v) is 6.13. The van der Waals surface area contributed by atoms with Crippen LogP contribution < -0.4 is 5.32 Å². The predicted octanol–water partition coefficient (Wildman–Crippen LogP) is 4.21. The molecule has 1 amide bonds. The Morgan fingerprint density at radius 1 is 1.12 bits per heavy atom. The molecule has 0 bridgehead atoms. The van der Waals surface area contributed by atoms with Gasteiger partial charge in [0, 0.05) is 12.1 Å². The van der Waals surface area contributed by atoms with Crippen molar-refractivity contribution in [2.75, 3.05) is 0 Å². The monoisotopic (exact) mass is 357 g/mol. The smallest absolute Gasteiger partial charge is 0.251 e. The highest BCUT2D eigenvalue weighted by Crippen LogP contribution is 2.22. The van der Waals surface area contributed by atoms with E-state index in [2.05, 4.69) is 10.4 Å². The van der Waals surface area contributed by atoms with Crippen molar-refractivity contribution in [2.45, 2.75) is 20.4 Å². The van der Waals surface area contributed by atoms with Crippen LogP contribution in [0.4, 0.5) is 4.39 Å². The van der Waals surface area contributed by atoms with Crippen LogP contribution in [0, 0.1) is 19.7 Å². The lowest BCUT2D eigenvalue weighted by Gasteiger charge is -2.08. The Labute approximate surface area is 150 Å². The minimum atomic E-state index is -0.296. The van der Waals surface area contributed by atoms with Crippen LogP contribution in [0.15, 0.2) is 48.5 Å². The lowest BCUT2D eigenvalue weighted by molar-refractivity contribution is 0.0951. The van der Waals surface area contributed by atoms with Gasteiger partial charge in [0.1, 0.15) is 5.82 Å². The molecule has 0 unspecified atom stereocenters. The van der Waals surface area contributed by atoms with E-state index in [0.717, 1.165) is 22.6 Å². The number of benzene rings is 2. The van der Waals surface area contributed by atoms with Gasteiger partial charge < -0.3 is 5.32 Å². The summed E-state index contributed by atoms with van der Waals surface area (Å²) in [4.78, 5) is 12.2. The van der Waals surface area contributed by atoms with Crippen molar-refractivity contribution >= 4 is 17.5 Å². The summed E-state index contributed by atoms with van der Waals surface area (Å²) >= 11 is 6.17. The fourth-order valence-corrected chi connectivity index (χ4v) is 2.63. The molecule has 3 aromatic rings. The van der Waals surface area contributed by atoms with Crippen LogP contribution >= 0.6 is 11.6 Å². The Kier molecular flexibility index (Phi) is 4.86. The van der Waals surface area contributed by atoms with Crippen LogP contribution in [-0.4, -0.2) is 15.7 Å². The van der Waals surface area contributed by atoms with Gasteiger partial charge in [-0.3, -0.25) is 4.79 Å². The van der Waals surface area contributed by atoms with Crippen LogP contribution in [0.3, 0.4) is 0 Å². The molecular formula is C19H17ClFN3O. The normalized spacial score (nSPS) is 10.7. The molecule has 128 valence electrons. The van der Waals surface area contributed by atoms with Crippen molar-refractivity contribution in [1.29, 1.82) is 0 Å². The molecule has 0 aliphatic carbocycles. The number of carbonyl (C=O) groups is 1. The zero-order valence-corrected chi connectivity index (χ0v) is 14.6.